The van der Waals surface area contributed by atoms with Gasteiger partial charge in [0, 0.05) is 17.1 Å². The predicted octanol–water partition coefficient (Wildman–Crippen LogP) is 10.9. The van der Waals surface area contributed by atoms with Crippen molar-refractivity contribution in [2.45, 2.75) is 62.9 Å². The third kappa shape index (κ3) is 6.28. The van der Waals surface area contributed by atoms with Crippen molar-refractivity contribution in [2.24, 2.45) is 17.8 Å². The minimum absolute atomic E-state index is 0.0598. The highest BCUT2D eigenvalue weighted by Gasteiger charge is 2.48. The lowest BCUT2D eigenvalue weighted by atomic mass is 9.61. The number of anilines is 1. The normalized spacial score (nSPS) is 20.3. The minimum Gasteiger partial charge on any atom is -0.466 e. The molecule has 0 unspecified atom stereocenters. The first-order valence-electron chi connectivity index (χ1n) is 20.3. The van der Waals surface area contributed by atoms with E-state index in [0.29, 0.717) is 29.3 Å². The SMILES string of the molecule is CCOC(=O)[C@H]1C2CCC(CC2)[C@@H]1Nc1nc(-c2cn(C(c3ccccc3)(c3ccccc3)c3ccccc3)c3ncc(Cl)nc23)nc(-c2ccc(C3CC3)s2)c1F. The summed E-state index contributed by atoms with van der Waals surface area (Å²) in [6.45, 7) is 2.12. The van der Waals surface area contributed by atoms with Crippen LogP contribution in [0.15, 0.2) is 116 Å². The molecule has 292 valence electrons. The van der Waals surface area contributed by atoms with Gasteiger partial charge >= 0.3 is 5.97 Å². The number of fused-ring (bicyclic) bond motifs is 4. The summed E-state index contributed by atoms with van der Waals surface area (Å²) in [7, 11) is 0. The molecule has 4 saturated carbocycles. The third-order valence-electron chi connectivity index (χ3n) is 12.4. The summed E-state index contributed by atoms with van der Waals surface area (Å²) in [5, 5.41) is 3.72. The van der Waals surface area contributed by atoms with Gasteiger partial charge in [0.25, 0.3) is 0 Å². The second-order valence-electron chi connectivity index (χ2n) is 15.7. The number of nitrogens with zero attached hydrogens (tertiary/aromatic N) is 5. The summed E-state index contributed by atoms with van der Waals surface area (Å²) in [4.78, 5) is 35.4. The number of carbonyl (C=O) groups is 1. The van der Waals surface area contributed by atoms with Crippen LogP contribution in [0.4, 0.5) is 10.2 Å². The highest BCUT2D eigenvalue weighted by Crippen LogP contribution is 2.49. The molecule has 4 fully saturated rings. The van der Waals surface area contributed by atoms with E-state index >= 15 is 4.39 Å². The third-order valence-corrected chi connectivity index (χ3v) is 13.9. The molecule has 1 N–H and O–H groups in total. The Morgan fingerprint density at radius 3 is 2.07 bits per heavy atom. The van der Waals surface area contributed by atoms with Crippen molar-refractivity contribution < 1.29 is 13.9 Å². The number of benzene rings is 3. The summed E-state index contributed by atoms with van der Waals surface area (Å²) < 4.78 is 25.0. The Kier molecular flexibility index (Phi) is 9.57. The highest BCUT2D eigenvalue weighted by atomic mass is 35.5. The molecule has 8 nitrogen and oxygen atoms in total. The van der Waals surface area contributed by atoms with E-state index in [9.17, 15) is 4.79 Å². The van der Waals surface area contributed by atoms with E-state index in [0.717, 1.165) is 60.1 Å². The van der Waals surface area contributed by atoms with Crippen LogP contribution in [0, 0.1) is 23.6 Å². The molecule has 11 rings (SSSR count). The lowest BCUT2D eigenvalue weighted by molar-refractivity contribution is -0.154. The molecule has 4 aliphatic rings. The first-order chi connectivity index (χ1) is 28.4. The van der Waals surface area contributed by atoms with Crippen LogP contribution in [0.1, 0.15) is 72.9 Å². The van der Waals surface area contributed by atoms with E-state index < -0.39 is 17.3 Å². The van der Waals surface area contributed by atoms with Gasteiger partial charge in [0.05, 0.1) is 29.2 Å². The quantitative estimate of drug-likeness (QED) is 0.103. The predicted molar refractivity (Wildman–Crippen MR) is 226 cm³/mol. The summed E-state index contributed by atoms with van der Waals surface area (Å²) in [5.74, 6) is 0.00987. The minimum atomic E-state index is -0.937. The standard InChI is InChI=1S/C47H42ClFN6O2S/c1-2-57-46(56)38-29-20-22-30(23-21-29)40(38)52-44-39(49)42(36-25-24-35(58-36)28-18-19-28)53-43(54-44)34-27-55(45-41(34)51-37(48)26-50-45)47(31-12-6-3-7-13-31,32-14-8-4-9-15-32)33-16-10-5-11-17-33/h3-17,24-30,38,40H,2,18-23H2,1H3,(H,52,53,54)/t29?,30?,38-,40-/m0/s1. The lowest BCUT2D eigenvalue weighted by Gasteiger charge is -2.47. The summed E-state index contributed by atoms with van der Waals surface area (Å²) >= 11 is 8.25. The first-order valence-corrected chi connectivity index (χ1v) is 21.4. The van der Waals surface area contributed by atoms with Crippen LogP contribution in [-0.4, -0.2) is 43.1 Å². The Hall–Kier alpha value is -5.45. The largest absolute Gasteiger partial charge is 0.466 e. The summed E-state index contributed by atoms with van der Waals surface area (Å²) in [5.41, 5.74) is 3.85. The molecule has 2 bridgehead atoms. The van der Waals surface area contributed by atoms with Gasteiger partial charge < -0.3 is 14.6 Å². The van der Waals surface area contributed by atoms with Gasteiger partial charge in [-0.25, -0.2) is 24.3 Å². The van der Waals surface area contributed by atoms with E-state index in [-0.39, 0.29) is 46.3 Å². The van der Waals surface area contributed by atoms with Gasteiger partial charge in [-0.3, -0.25) is 4.79 Å². The molecule has 11 heteroatoms. The van der Waals surface area contributed by atoms with Gasteiger partial charge in [-0.15, -0.1) is 11.3 Å². The van der Waals surface area contributed by atoms with Crippen molar-refractivity contribution >= 4 is 45.9 Å². The maximum absolute atomic E-state index is 17.2. The molecule has 0 radical (unpaired) electrons. The van der Waals surface area contributed by atoms with Crippen LogP contribution >= 0.6 is 22.9 Å². The molecular weight excluding hydrogens is 767 g/mol. The number of esters is 1. The van der Waals surface area contributed by atoms with Crippen LogP contribution < -0.4 is 5.32 Å². The smallest absolute Gasteiger partial charge is 0.311 e. The maximum Gasteiger partial charge on any atom is 0.311 e. The molecule has 4 aliphatic carbocycles. The zero-order valence-electron chi connectivity index (χ0n) is 32.0. The Bertz CT molecular complexity index is 2510. The molecule has 0 aliphatic heterocycles. The molecule has 4 heterocycles. The molecule has 3 aromatic carbocycles. The monoisotopic (exact) mass is 808 g/mol. The van der Waals surface area contributed by atoms with Gasteiger partial charge in [-0.1, -0.05) is 103 Å². The lowest BCUT2D eigenvalue weighted by Crippen LogP contribution is -2.52. The van der Waals surface area contributed by atoms with Gasteiger partial charge in [-0.2, -0.15) is 0 Å². The number of carbonyl (C=O) groups excluding carboxylic acids is 1. The van der Waals surface area contributed by atoms with Crippen LogP contribution in [-0.2, 0) is 15.1 Å². The van der Waals surface area contributed by atoms with E-state index in [2.05, 4.69) is 52.3 Å². The number of rotatable bonds is 11. The van der Waals surface area contributed by atoms with Crippen molar-refractivity contribution in [3.8, 4) is 22.0 Å². The number of halogens is 2. The average molecular weight is 809 g/mol. The van der Waals surface area contributed by atoms with Crippen molar-refractivity contribution in [1.29, 1.82) is 0 Å². The zero-order valence-corrected chi connectivity index (χ0v) is 33.6. The molecule has 7 aromatic rings. The van der Waals surface area contributed by atoms with Crippen LogP contribution in [0.2, 0.25) is 5.15 Å². The van der Waals surface area contributed by atoms with Crippen LogP contribution in [0.5, 0.6) is 0 Å². The van der Waals surface area contributed by atoms with Gasteiger partial charge in [0.2, 0.25) is 0 Å². The van der Waals surface area contributed by atoms with Crippen LogP contribution in [0.3, 0.4) is 0 Å². The average Bonchev–Trinajstić information content (AvgIpc) is 3.88. The van der Waals surface area contributed by atoms with Crippen molar-refractivity contribution in [3.05, 3.63) is 148 Å². The molecule has 0 spiro atoms. The van der Waals surface area contributed by atoms with Crippen molar-refractivity contribution in [3.63, 3.8) is 0 Å². The number of thiophene rings is 1. The summed E-state index contributed by atoms with van der Waals surface area (Å²) in [6, 6.07) is 34.7. The van der Waals surface area contributed by atoms with Gasteiger partial charge in [0.15, 0.2) is 23.1 Å². The zero-order chi connectivity index (χ0) is 39.4. The molecule has 4 aromatic heterocycles. The van der Waals surface area contributed by atoms with E-state index in [1.165, 1.54) is 4.88 Å². The number of hydrogen-bond donors (Lipinski definition) is 1. The number of ether oxygens (including phenoxy) is 1. The van der Waals surface area contributed by atoms with Crippen LogP contribution in [0.25, 0.3) is 33.1 Å². The van der Waals surface area contributed by atoms with Gasteiger partial charge in [-0.05, 0) is 92.0 Å². The van der Waals surface area contributed by atoms with E-state index in [1.807, 2.05) is 73.8 Å². The first kappa shape index (κ1) is 36.9. The number of nitrogens with one attached hydrogen (secondary N) is 1. The fraction of sp³-hybridized carbons (Fsp3) is 0.298. The van der Waals surface area contributed by atoms with Crippen molar-refractivity contribution in [2.75, 3.05) is 11.9 Å². The fourth-order valence-electron chi connectivity index (χ4n) is 9.63. The van der Waals surface area contributed by atoms with E-state index in [4.69, 9.17) is 36.3 Å². The van der Waals surface area contributed by atoms with Gasteiger partial charge in [0.1, 0.15) is 21.9 Å². The molecule has 0 saturated heterocycles. The molecule has 58 heavy (non-hydrogen) atoms. The van der Waals surface area contributed by atoms with E-state index in [1.54, 1.807) is 17.5 Å². The second-order valence-corrected chi connectivity index (χ2v) is 17.2. The number of hydrogen-bond acceptors (Lipinski definition) is 8. The highest BCUT2D eigenvalue weighted by molar-refractivity contribution is 7.15. The molecule has 0 amide bonds. The fourth-order valence-corrected chi connectivity index (χ4v) is 10.9. The maximum atomic E-state index is 17.2. The Labute approximate surface area is 345 Å². The Morgan fingerprint density at radius 1 is 0.845 bits per heavy atom. The summed E-state index contributed by atoms with van der Waals surface area (Å²) in [6.07, 6.45) is 9.65. The molecular formula is C47H42ClFN6O2S. The van der Waals surface area contributed by atoms with Crippen molar-refractivity contribution in [1.82, 2.24) is 24.5 Å². The second kappa shape index (κ2) is 15.1. The topological polar surface area (TPSA) is 94.8 Å². The Morgan fingerprint density at radius 2 is 1.47 bits per heavy atom. The molecule has 2 atom stereocenters. The number of aromatic nitrogens is 5. The Balaban J connectivity index is 1.22.